The minimum atomic E-state index is 0.720. The average molecular weight is 349 g/mol. The van der Waals surface area contributed by atoms with E-state index in [2.05, 4.69) is 48.6 Å². The molecule has 0 amide bonds. The predicted molar refractivity (Wildman–Crippen MR) is 85.9 cm³/mol. The quantitative estimate of drug-likeness (QED) is 0.742. The molecule has 3 rings (SSSR count). The molecular formula is C14H13BrN4S. The van der Waals surface area contributed by atoms with Crippen LogP contribution in [0.2, 0.25) is 0 Å². The molecule has 0 fully saturated rings. The van der Waals surface area contributed by atoms with Gasteiger partial charge in [0.1, 0.15) is 5.82 Å². The van der Waals surface area contributed by atoms with Gasteiger partial charge in [0.25, 0.3) is 0 Å². The maximum atomic E-state index is 4.39. The third kappa shape index (κ3) is 2.91. The Morgan fingerprint density at radius 1 is 1.25 bits per heavy atom. The molecule has 0 aliphatic carbocycles. The summed E-state index contributed by atoms with van der Waals surface area (Å²) in [5.74, 6) is 1.54. The molecule has 2 N–H and O–H groups in total. The first-order valence-corrected chi connectivity index (χ1v) is 7.80. The van der Waals surface area contributed by atoms with Gasteiger partial charge in [-0.15, -0.1) is 11.3 Å². The number of hydrogen-bond donors (Lipinski definition) is 2. The number of rotatable bonds is 4. The third-order valence-corrected chi connectivity index (χ3v) is 4.47. The summed E-state index contributed by atoms with van der Waals surface area (Å²) < 4.78 is 1.15. The second-order valence-corrected chi connectivity index (χ2v) is 6.90. The highest BCUT2D eigenvalue weighted by Gasteiger charge is 2.09. The Morgan fingerprint density at radius 2 is 2.10 bits per heavy atom. The fourth-order valence-electron chi connectivity index (χ4n) is 1.92. The Morgan fingerprint density at radius 3 is 2.80 bits per heavy atom. The predicted octanol–water partition coefficient (Wildman–Crippen LogP) is 4.22. The van der Waals surface area contributed by atoms with E-state index in [1.54, 1.807) is 11.3 Å². The lowest BCUT2D eigenvalue weighted by Crippen LogP contribution is -1.99. The molecular weight excluding hydrogens is 336 g/mol. The van der Waals surface area contributed by atoms with Crippen molar-refractivity contribution in [1.82, 2.24) is 15.2 Å². The number of nitrogens with zero attached hydrogens (tertiary/aromatic N) is 2. The van der Waals surface area contributed by atoms with Gasteiger partial charge >= 0.3 is 0 Å². The zero-order valence-electron chi connectivity index (χ0n) is 10.9. The molecule has 0 unspecified atom stereocenters. The number of aryl methyl sites for hydroxylation is 1. The van der Waals surface area contributed by atoms with Gasteiger partial charge in [-0.25, -0.2) is 4.98 Å². The van der Waals surface area contributed by atoms with Gasteiger partial charge in [-0.2, -0.15) is 5.10 Å². The number of thiophene rings is 1. The van der Waals surface area contributed by atoms with Crippen LogP contribution in [0.5, 0.6) is 0 Å². The van der Waals surface area contributed by atoms with Crippen LogP contribution in [-0.4, -0.2) is 15.2 Å². The zero-order valence-corrected chi connectivity index (χ0v) is 13.3. The number of benzene rings is 1. The SMILES string of the molecule is Cc1nc(-c2ccccc2NCc2ccc(Br)s2)n[nH]1. The number of para-hydroxylation sites is 1. The molecule has 0 aliphatic heterocycles. The molecule has 0 saturated carbocycles. The highest BCUT2D eigenvalue weighted by molar-refractivity contribution is 9.11. The van der Waals surface area contributed by atoms with Gasteiger partial charge in [0.05, 0.1) is 3.79 Å². The smallest absolute Gasteiger partial charge is 0.183 e. The number of halogens is 1. The van der Waals surface area contributed by atoms with Crippen molar-refractivity contribution in [1.29, 1.82) is 0 Å². The minimum Gasteiger partial charge on any atom is -0.380 e. The Kier molecular flexibility index (Phi) is 3.84. The van der Waals surface area contributed by atoms with Crippen molar-refractivity contribution in [3.05, 3.63) is 50.9 Å². The second-order valence-electron chi connectivity index (χ2n) is 4.35. The van der Waals surface area contributed by atoms with Gasteiger partial charge in [-0.3, -0.25) is 5.10 Å². The van der Waals surface area contributed by atoms with Gasteiger partial charge in [-0.1, -0.05) is 12.1 Å². The highest BCUT2D eigenvalue weighted by Crippen LogP contribution is 2.27. The van der Waals surface area contributed by atoms with E-state index < -0.39 is 0 Å². The summed E-state index contributed by atoms with van der Waals surface area (Å²) in [4.78, 5) is 5.66. The van der Waals surface area contributed by atoms with E-state index in [1.165, 1.54) is 4.88 Å². The van der Waals surface area contributed by atoms with Gasteiger partial charge < -0.3 is 5.32 Å². The van der Waals surface area contributed by atoms with E-state index in [9.17, 15) is 0 Å². The van der Waals surface area contributed by atoms with Crippen LogP contribution < -0.4 is 5.32 Å². The van der Waals surface area contributed by atoms with Crippen molar-refractivity contribution in [2.75, 3.05) is 5.32 Å². The Labute approximate surface area is 129 Å². The van der Waals surface area contributed by atoms with Crippen LogP contribution in [0.25, 0.3) is 11.4 Å². The number of hydrogen-bond acceptors (Lipinski definition) is 4. The van der Waals surface area contributed by atoms with Crippen molar-refractivity contribution in [3.63, 3.8) is 0 Å². The summed E-state index contributed by atoms with van der Waals surface area (Å²) in [5, 5.41) is 10.5. The van der Waals surface area contributed by atoms with Crippen LogP contribution in [-0.2, 0) is 6.54 Å². The standard InChI is InChI=1S/C14H13BrN4S/c1-9-17-14(19-18-9)11-4-2-3-5-12(11)16-8-10-6-7-13(15)20-10/h2-7,16H,8H2,1H3,(H,17,18,19). The maximum absolute atomic E-state index is 4.39. The Bertz CT molecular complexity index is 719. The molecule has 6 heteroatoms. The average Bonchev–Trinajstić information content (AvgIpc) is 3.06. The molecule has 0 spiro atoms. The molecule has 1 aromatic carbocycles. The van der Waals surface area contributed by atoms with Crippen LogP contribution in [0, 0.1) is 6.92 Å². The first kappa shape index (κ1) is 13.3. The van der Waals surface area contributed by atoms with E-state index in [1.807, 2.05) is 31.2 Å². The molecule has 102 valence electrons. The molecule has 2 heterocycles. The van der Waals surface area contributed by atoms with Crippen LogP contribution in [0.1, 0.15) is 10.7 Å². The van der Waals surface area contributed by atoms with Crippen molar-refractivity contribution in [3.8, 4) is 11.4 Å². The van der Waals surface area contributed by atoms with E-state index >= 15 is 0 Å². The Hall–Kier alpha value is -1.66. The van der Waals surface area contributed by atoms with Gasteiger partial charge in [0.15, 0.2) is 5.82 Å². The second kappa shape index (κ2) is 5.76. The number of aromatic amines is 1. The molecule has 4 nitrogen and oxygen atoms in total. The first-order valence-electron chi connectivity index (χ1n) is 6.19. The topological polar surface area (TPSA) is 53.6 Å². The molecule has 0 saturated heterocycles. The maximum Gasteiger partial charge on any atom is 0.183 e. The summed E-state index contributed by atoms with van der Waals surface area (Å²) in [5.41, 5.74) is 2.04. The minimum absolute atomic E-state index is 0.720. The van der Waals surface area contributed by atoms with Crippen molar-refractivity contribution < 1.29 is 0 Å². The van der Waals surface area contributed by atoms with Gasteiger partial charge in [0.2, 0.25) is 0 Å². The van der Waals surface area contributed by atoms with Crippen LogP contribution in [0.3, 0.4) is 0 Å². The summed E-state index contributed by atoms with van der Waals surface area (Å²) in [6, 6.07) is 12.2. The fourth-order valence-corrected chi connectivity index (χ4v) is 3.35. The summed E-state index contributed by atoms with van der Waals surface area (Å²) in [6.45, 7) is 2.69. The normalized spacial score (nSPS) is 10.7. The lowest BCUT2D eigenvalue weighted by atomic mass is 10.1. The van der Waals surface area contributed by atoms with E-state index in [-0.39, 0.29) is 0 Å². The fraction of sp³-hybridized carbons (Fsp3) is 0.143. The van der Waals surface area contributed by atoms with Crippen molar-refractivity contribution in [2.24, 2.45) is 0 Å². The van der Waals surface area contributed by atoms with Gasteiger partial charge in [-0.05, 0) is 47.1 Å². The van der Waals surface area contributed by atoms with Gasteiger partial charge in [0, 0.05) is 22.7 Å². The summed E-state index contributed by atoms with van der Waals surface area (Å²) in [7, 11) is 0. The van der Waals surface area contributed by atoms with E-state index in [4.69, 9.17) is 0 Å². The lowest BCUT2D eigenvalue weighted by Gasteiger charge is -2.08. The monoisotopic (exact) mass is 348 g/mol. The summed E-state index contributed by atoms with van der Waals surface area (Å²) in [6.07, 6.45) is 0. The number of anilines is 1. The molecule has 0 aliphatic rings. The van der Waals surface area contributed by atoms with Crippen molar-refractivity contribution >= 4 is 33.0 Å². The molecule has 3 aromatic rings. The lowest BCUT2D eigenvalue weighted by molar-refractivity contribution is 1.04. The molecule has 0 radical (unpaired) electrons. The van der Waals surface area contributed by atoms with Crippen LogP contribution in [0.4, 0.5) is 5.69 Å². The molecule has 0 bridgehead atoms. The van der Waals surface area contributed by atoms with Crippen molar-refractivity contribution in [2.45, 2.75) is 13.5 Å². The molecule has 0 atom stereocenters. The van der Waals surface area contributed by atoms with Crippen LogP contribution in [0.15, 0.2) is 40.2 Å². The molecule has 2 aromatic heterocycles. The number of aromatic nitrogens is 3. The zero-order chi connectivity index (χ0) is 13.9. The largest absolute Gasteiger partial charge is 0.380 e. The first-order chi connectivity index (χ1) is 9.72. The highest BCUT2D eigenvalue weighted by atomic mass is 79.9. The Balaban J connectivity index is 1.83. The number of H-pyrrole nitrogens is 1. The number of nitrogens with one attached hydrogen (secondary N) is 2. The van der Waals surface area contributed by atoms with E-state index in [0.29, 0.717) is 0 Å². The van der Waals surface area contributed by atoms with Crippen LogP contribution >= 0.6 is 27.3 Å². The summed E-state index contributed by atoms with van der Waals surface area (Å²) >= 11 is 5.21. The van der Waals surface area contributed by atoms with E-state index in [0.717, 1.165) is 33.2 Å². The molecule has 20 heavy (non-hydrogen) atoms. The third-order valence-electron chi connectivity index (χ3n) is 2.85.